The Hall–Kier alpha value is -3.87. The van der Waals surface area contributed by atoms with Gasteiger partial charge in [0.2, 0.25) is 0 Å². The number of hydrogen-bond donors (Lipinski definition) is 2. The van der Waals surface area contributed by atoms with Crippen molar-refractivity contribution in [3.63, 3.8) is 0 Å². The van der Waals surface area contributed by atoms with Crippen molar-refractivity contribution in [2.75, 3.05) is 7.11 Å². The second kappa shape index (κ2) is 8.87. The summed E-state index contributed by atoms with van der Waals surface area (Å²) >= 11 is 0. The van der Waals surface area contributed by atoms with Gasteiger partial charge in [0.1, 0.15) is 22.2 Å². The summed E-state index contributed by atoms with van der Waals surface area (Å²) in [6, 6.07) is 13.8. The summed E-state index contributed by atoms with van der Waals surface area (Å²) in [6.45, 7) is 5.32. The molecule has 31 heavy (non-hydrogen) atoms. The monoisotopic (exact) mass is 420 g/mol. The second-order valence-corrected chi connectivity index (χ2v) is 8.01. The highest BCUT2D eigenvalue weighted by atomic mass is 16.5. The van der Waals surface area contributed by atoms with Crippen molar-refractivity contribution in [2.24, 2.45) is 5.41 Å². The third-order valence-corrected chi connectivity index (χ3v) is 4.43. The Balaban J connectivity index is 1.89. The molecule has 0 aliphatic rings. The van der Waals surface area contributed by atoms with Crippen molar-refractivity contribution in [1.82, 2.24) is 9.97 Å². The summed E-state index contributed by atoms with van der Waals surface area (Å²) in [5, 5.41) is 0.271. The molecule has 7 nitrogen and oxygen atoms in total. The van der Waals surface area contributed by atoms with Gasteiger partial charge in [0.25, 0.3) is 11.1 Å². The van der Waals surface area contributed by atoms with Crippen LogP contribution in [0.5, 0.6) is 11.5 Å². The highest BCUT2D eigenvalue weighted by molar-refractivity contribution is 5.77. The third kappa shape index (κ3) is 5.60. The number of H-pyrrole nitrogens is 2. The Morgan fingerprint density at radius 1 is 0.774 bits per heavy atom. The van der Waals surface area contributed by atoms with Gasteiger partial charge >= 0.3 is 5.97 Å². The molecule has 1 heterocycles. The molecule has 160 valence electrons. The van der Waals surface area contributed by atoms with E-state index >= 15 is 0 Å². The average Bonchev–Trinajstić information content (AvgIpc) is 2.73. The van der Waals surface area contributed by atoms with Crippen LogP contribution < -0.4 is 31.3 Å². The van der Waals surface area contributed by atoms with Crippen LogP contribution in [0, 0.1) is 5.41 Å². The van der Waals surface area contributed by atoms with Gasteiger partial charge in [-0.25, -0.2) is 0 Å². The standard InChI is InChI=1S/C24H24N2O5/c1-24(2,3)23(29)31-18-11-7-16(8-12-18)14-20-22(28)25-19(21(27)26-20)13-15-5-9-17(30-4)10-6-15/h5-14H,1-4H3,(H,25,28)(H,26,27). The molecule has 3 aromatic rings. The van der Waals surface area contributed by atoms with Crippen LogP contribution in [0.25, 0.3) is 12.2 Å². The van der Waals surface area contributed by atoms with Crippen molar-refractivity contribution in [2.45, 2.75) is 20.8 Å². The Labute approximate surface area is 178 Å². The van der Waals surface area contributed by atoms with Gasteiger partial charge in [-0.15, -0.1) is 0 Å². The molecule has 0 fully saturated rings. The Morgan fingerprint density at radius 3 is 1.58 bits per heavy atom. The quantitative estimate of drug-likeness (QED) is 0.494. The predicted molar refractivity (Wildman–Crippen MR) is 119 cm³/mol. The van der Waals surface area contributed by atoms with Crippen molar-refractivity contribution in [3.8, 4) is 11.5 Å². The second-order valence-electron chi connectivity index (χ2n) is 8.01. The fourth-order valence-corrected chi connectivity index (χ4v) is 2.62. The summed E-state index contributed by atoms with van der Waals surface area (Å²) < 4.78 is 10.4. The van der Waals surface area contributed by atoms with Gasteiger partial charge in [-0.2, -0.15) is 0 Å². The van der Waals surface area contributed by atoms with E-state index in [2.05, 4.69) is 9.97 Å². The van der Waals surface area contributed by atoms with Gasteiger partial charge in [-0.3, -0.25) is 14.4 Å². The molecule has 0 spiro atoms. The zero-order valence-corrected chi connectivity index (χ0v) is 17.8. The summed E-state index contributed by atoms with van der Waals surface area (Å²) in [5.41, 5.74) is -0.0371. The lowest BCUT2D eigenvalue weighted by Gasteiger charge is -2.16. The van der Waals surface area contributed by atoms with E-state index < -0.39 is 16.5 Å². The number of carbonyl (C=O) groups is 1. The molecular formula is C24H24N2O5. The predicted octanol–water partition coefficient (Wildman–Crippen LogP) is 1.68. The minimum Gasteiger partial charge on any atom is -0.497 e. The van der Waals surface area contributed by atoms with Crippen LogP contribution in [0.4, 0.5) is 0 Å². The Morgan fingerprint density at radius 2 is 1.19 bits per heavy atom. The average molecular weight is 420 g/mol. The maximum Gasteiger partial charge on any atom is 0.316 e. The summed E-state index contributed by atoms with van der Waals surface area (Å²) in [5.74, 6) is 0.765. The largest absolute Gasteiger partial charge is 0.497 e. The van der Waals surface area contributed by atoms with E-state index in [0.29, 0.717) is 17.1 Å². The lowest BCUT2D eigenvalue weighted by atomic mass is 9.97. The highest BCUT2D eigenvalue weighted by Crippen LogP contribution is 2.19. The van der Waals surface area contributed by atoms with Crippen LogP contribution in [0.1, 0.15) is 31.9 Å². The number of benzene rings is 2. The van der Waals surface area contributed by atoms with Crippen LogP contribution in [0.3, 0.4) is 0 Å². The molecule has 0 unspecified atom stereocenters. The molecule has 0 amide bonds. The lowest BCUT2D eigenvalue weighted by molar-refractivity contribution is -0.142. The molecule has 0 saturated carbocycles. The summed E-state index contributed by atoms with van der Waals surface area (Å²) in [7, 11) is 1.57. The smallest absolute Gasteiger partial charge is 0.316 e. The Bertz CT molecular complexity index is 1310. The molecule has 2 aromatic carbocycles. The van der Waals surface area contributed by atoms with Crippen LogP contribution in [0.15, 0.2) is 58.1 Å². The van der Waals surface area contributed by atoms with E-state index in [4.69, 9.17) is 9.47 Å². The highest BCUT2D eigenvalue weighted by Gasteiger charge is 2.23. The number of methoxy groups -OCH3 is 1. The van der Waals surface area contributed by atoms with Crippen LogP contribution in [0.2, 0.25) is 0 Å². The molecule has 0 bridgehead atoms. The van der Waals surface area contributed by atoms with E-state index in [1.54, 1.807) is 88.6 Å². The van der Waals surface area contributed by atoms with Gasteiger partial charge < -0.3 is 19.4 Å². The molecule has 1 aromatic heterocycles. The molecule has 2 N–H and O–H groups in total. The number of ether oxygens (including phenoxy) is 2. The zero-order chi connectivity index (χ0) is 22.6. The number of nitrogens with one attached hydrogen (secondary N) is 2. The van der Waals surface area contributed by atoms with E-state index in [-0.39, 0.29) is 16.7 Å². The number of carbonyl (C=O) groups excluding carboxylic acids is 1. The van der Waals surface area contributed by atoms with Crippen LogP contribution in [-0.2, 0) is 4.79 Å². The van der Waals surface area contributed by atoms with E-state index in [9.17, 15) is 14.4 Å². The normalized spacial score (nSPS) is 12.6. The molecule has 0 aliphatic carbocycles. The first kappa shape index (κ1) is 21.8. The molecule has 7 heteroatoms. The van der Waals surface area contributed by atoms with Gasteiger partial charge in [-0.05, 0) is 68.3 Å². The first-order valence-electron chi connectivity index (χ1n) is 9.68. The van der Waals surface area contributed by atoms with Crippen molar-refractivity contribution < 1.29 is 14.3 Å². The molecule has 0 radical (unpaired) electrons. The van der Waals surface area contributed by atoms with Crippen molar-refractivity contribution in [1.29, 1.82) is 0 Å². The molecule has 0 aliphatic heterocycles. The van der Waals surface area contributed by atoms with Crippen molar-refractivity contribution >= 4 is 18.1 Å². The van der Waals surface area contributed by atoms with Gasteiger partial charge in [0, 0.05) is 0 Å². The first-order valence-corrected chi connectivity index (χ1v) is 9.68. The third-order valence-electron chi connectivity index (χ3n) is 4.43. The first-order chi connectivity index (χ1) is 14.7. The minimum absolute atomic E-state index is 0.122. The number of aromatic nitrogens is 2. The number of rotatable bonds is 4. The minimum atomic E-state index is -0.609. The van der Waals surface area contributed by atoms with E-state index in [0.717, 1.165) is 5.56 Å². The van der Waals surface area contributed by atoms with E-state index in [1.807, 2.05) is 0 Å². The lowest BCUT2D eigenvalue weighted by Crippen LogP contribution is -2.46. The van der Waals surface area contributed by atoms with Gasteiger partial charge in [0.15, 0.2) is 0 Å². The molecule has 0 saturated heterocycles. The molecule has 3 rings (SSSR count). The summed E-state index contributed by atoms with van der Waals surface area (Å²) in [4.78, 5) is 42.0. The fraction of sp³-hybridized carbons (Fsp3) is 0.208. The number of hydrogen-bond acceptors (Lipinski definition) is 5. The van der Waals surface area contributed by atoms with Gasteiger partial charge in [-0.1, -0.05) is 24.3 Å². The molecular weight excluding hydrogens is 396 g/mol. The number of aromatic amines is 2. The summed E-state index contributed by atoms with van der Waals surface area (Å²) in [6.07, 6.45) is 3.13. The maximum absolute atomic E-state index is 12.4. The fourth-order valence-electron chi connectivity index (χ4n) is 2.62. The topological polar surface area (TPSA) is 101 Å². The van der Waals surface area contributed by atoms with Gasteiger partial charge in [0.05, 0.1) is 12.5 Å². The Kier molecular flexibility index (Phi) is 6.25. The SMILES string of the molecule is COc1ccc(C=c2[nH]c(=O)c(=Cc3ccc(OC(=O)C(C)(C)C)cc3)[nH]c2=O)cc1. The maximum atomic E-state index is 12.4. The molecule has 0 atom stereocenters. The van der Waals surface area contributed by atoms with Crippen molar-refractivity contribution in [3.05, 3.63) is 91.1 Å². The van der Waals surface area contributed by atoms with E-state index in [1.165, 1.54) is 0 Å². The van der Waals surface area contributed by atoms with Crippen LogP contribution in [-0.4, -0.2) is 23.0 Å². The van der Waals surface area contributed by atoms with Crippen LogP contribution >= 0.6 is 0 Å². The zero-order valence-electron chi connectivity index (χ0n) is 17.8. The number of esters is 1.